The molecule has 1 aromatic heterocycles. The lowest BCUT2D eigenvalue weighted by molar-refractivity contribution is -0.148. The second kappa shape index (κ2) is 10.0. The fourth-order valence-corrected chi connectivity index (χ4v) is 4.23. The summed E-state index contributed by atoms with van der Waals surface area (Å²) >= 11 is 0. The molecule has 0 bridgehead atoms. The van der Waals surface area contributed by atoms with Crippen LogP contribution in [0, 0.1) is 18.7 Å². The van der Waals surface area contributed by atoms with E-state index in [-0.39, 0.29) is 17.6 Å². The van der Waals surface area contributed by atoms with Crippen molar-refractivity contribution in [1.82, 2.24) is 19.6 Å². The van der Waals surface area contributed by atoms with Crippen LogP contribution in [0.4, 0.5) is 4.39 Å². The van der Waals surface area contributed by atoms with E-state index in [4.69, 9.17) is 4.74 Å². The number of aryl methyl sites for hydroxylation is 2. The SMILES string of the molecule is CCn1cc(CN(C)C(=O)[C@@H]2CCC(=O)N(CCOC)[C@H]2c2ccc(F)cc2)c(C)n1. The van der Waals surface area contributed by atoms with Gasteiger partial charge in [0.25, 0.3) is 0 Å². The van der Waals surface area contributed by atoms with Crippen LogP contribution in [-0.4, -0.2) is 58.7 Å². The highest BCUT2D eigenvalue weighted by Crippen LogP contribution is 2.38. The number of carbonyl (C=O) groups is 2. The molecule has 0 aliphatic carbocycles. The number of hydrogen-bond donors (Lipinski definition) is 0. The van der Waals surface area contributed by atoms with Gasteiger partial charge in [0.2, 0.25) is 11.8 Å². The lowest BCUT2D eigenvalue weighted by Crippen LogP contribution is -2.49. The molecule has 1 aliphatic rings. The first-order chi connectivity index (χ1) is 14.8. The van der Waals surface area contributed by atoms with Crippen molar-refractivity contribution in [3.05, 3.63) is 53.1 Å². The van der Waals surface area contributed by atoms with Gasteiger partial charge in [-0.3, -0.25) is 14.3 Å². The Bertz CT molecular complexity index is 912. The van der Waals surface area contributed by atoms with Crippen LogP contribution < -0.4 is 0 Å². The molecule has 3 rings (SSSR count). The van der Waals surface area contributed by atoms with Crippen molar-refractivity contribution in [3.8, 4) is 0 Å². The minimum absolute atomic E-state index is 0.0156. The molecular formula is C23H31FN4O3. The van der Waals surface area contributed by atoms with E-state index in [1.165, 1.54) is 12.1 Å². The van der Waals surface area contributed by atoms with Crippen LogP contribution in [0.25, 0.3) is 0 Å². The number of ether oxygens (including phenoxy) is 1. The molecule has 1 aliphatic heterocycles. The van der Waals surface area contributed by atoms with E-state index >= 15 is 0 Å². The maximum Gasteiger partial charge on any atom is 0.228 e. The lowest BCUT2D eigenvalue weighted by atomic mass is 9.83. The van der Waals surface area contributed by atoms with Gasteiger partial charge in [0.05, 0.1) is 24.3 Å². The predicted octanol–water partition coefficient (Wildman–Crippen LogP) is 2.94. The average molecular weight is 431 g/mol. The molecule has 7 nitrogen and oxygen atoms in total. The van der Waals surface area contributed by atoms with Crippen molar-refractivity contribution in [2.75, 3.05) is 27.3 Å². The summed E-state index contributed by atoms with van der Waals surface area (Å²) in [7, 11) is 3.36. The summed E-state index contributed by atoms with van der Waals surface area (Å²) in [6.07, 6.45) is 2.73. The van der Waals surface area contributed by atoms with Gasteiger partial charge >= 0.3 is 0 Å². The minimum atomic E-state index is -0.452. The second-order valence-electron chi connectivity index (χ2n) is 8.01. The molecule has 2 atom stereocenters. The van der Waals surface area contributed by atoms with E-state index in [1.54, 1.807) is 36.1 Å². The van der Waals surface area contributed by atoms with Crippen LogP contribution in [0.1, 0.15) is 42.6 Å². The Balaban J connectivity index is 1.87. The summed E-state index contributed by atoms with van der Waals surface area (Å²) in [6.45, 7) is 5.93. The van der Waals surface area contributed by atoms with Crippen LogP contribution >= 0.6 is 0 Å². The fraction of sp³-hybridized carbons (Fsp3) is 0.522. The summed E-state index contributed by atoms with van der Waals surface area (Å²) in [5.41, 5.74) is 2.66. The van der Waals surface area contributed by atoms with Gasteiger partial charge in [-0.25, -0.2) is 4.39 Å². The third-order valence-corrected chi connectivity index (χ3v) is 5.93. The van der Waals surface area contributed by atoms with E-state index in [2.05, 4.69) is 5.10 Å². The Labute approximate surface area is 182 Å². The standard InChI is InChI=1S/C23H31FN4O3/c1-5-27-15-18(16(2)25-27)14-26(3)23(30)20-10-11-21(29)28(12-13-31-4)22(20)17-6-8-19(24)9-7-17/h6-9,15,20,22H,5,10-14H2,1-4H3/t20-,22+/m1/s1. The molecule has 1 aromatic carbocycles. The normalized spacial score (nSPS) is 19.0. The Kier molecular flexibility index (Phi) is 7.43. The molecule has 2 aromatic rings. The number of carbonyl (C=O) groups excluding carboxylic acids is 2. The quantitative estimate of drug-likeness (QED) is 0.646. The first kappa shape index (κ1) is 22.9. The molecule has 8 heteroatoms. The molecule has 0 saturated carbocycles. The van der Waals surface area contributed by atoms with Gasteiger partial charge in [-0.1, -0.05) is 12.1 Å². The maximum absolute atomic E-state index is 13.5. The van der Waals surface area contributed by atoms with Crippen LogP contribution in [-0.2, 0) is 27.4 Å². The largest absolute Gasteiger partial charge is 0.383 e. The first-order valence-corrected chi connectivity index (χ1v) is 10.7. The molecule has 2 heterocycles. The topological polar surface area (TPSA) is 67.7 Å². The molecule has 2 amide bonds. The third-order valence-electron chi connectivity index (χ3n) is 5.93. The zero-order chi connectivity index (χ0) is 22.5. The highest BCUT2D eigenvalue weighted by atomic mass is 19.1. The van der Waals surface area contributed by atoms with Gasteiger partial charge in [-0.05, 0) is 38.0 Å². The Morgan fingerprint density at radius 3 is 2.65 bits per heavy atom. The Morgan fingerprint density at radius 1 is 1.32 bits per heavy atom. The molecule has 0 radical (unpaired) electrons. The number of amides is 2. The molecular weight excluding hydrogens is 399 g/mol. The third kappa shape index (κ3) is 5.12. The zero-order valence-corrected chi connectivity index (χ0v) is 18.7. The summed E-state index contributed by atoms with van der Waals surface area (Å²) in [6, 6.07) is 5.61. The van der Waals surface area contributed by atoms with Crippen LogP contribution in [0.5, 0.6) is 0 Å². The van der Waals surface area contributed by atoms with Gasteiger partial charge in [0.1, 0.15) is 5.82 Å². The number of likely N-dealkylation sites (tertiary alicyclic amines) is 1. The Hall–Kier alpha value is -2.74. The van der Waals surface area contributed by atoms with E-state index in [9.17, 15) is 14.0 Å². The second-order valence-corrected chi connectivity index (χ2v) is 8.01. The van der Waals surface area contributed by atoms with Crippen molar-refractivity contribution < 1.29 is 18.7 Å². The molecule has 0 spiro atoms. The van der Waals surface area contributed by atoms with Gasteiger partial charge in [0, 0.05) is 52.0 Å². The summed E-state index contributed by atoms with van der Waals surface area (Å²) in [5, 5.41) is 4.46. The number of benzene rings is 1. The number of halogens is 1. The number of methoxy groups -OCH3 is 1. The molecule has 31 heavy (non-hydrogen) atoms. The van der Waals surface area contributed by atoms with Gasteiger partial charge in [0.15, 0.2) is 0 Å². The number of nitrogens with zero attached hydrogens (tertiary/aromatic N) is 4. The van der Waals surface area contributed by atoms with Gasteiger partial charge in [-0.2, -0.15) is 5.10 Å². The van der Waals surface area contributed by atoms with Crippen molar-refractivity contribution >= 4 is 11.8 Å². The minimum Gasteiger partial charge on any atom is -0.383 e. The fourth-order valence-electron chi connectivity index (χ4n) is 4.23. The number of rotatable bonds is 8. The molecule has 0 N–H and O–H groups in total. The van der Waals surface area contributed by atoms with Crippen LogP contribution in [0.3, 0.4) is 0 Å². The lowest BCUT2D eigenvalue weighted by Gasteiger charge is -2.42. The van der Waals surface area contributed by atoms with Crippen LogP contribution in [0.2, 0.25) is 0 Å². The monoisotopic (exact) mass is 430 g/mol. The van der Waals surface area contributed by atoms with Crippen molar-refractivity contribution in [3.63, 3.8) is 0 Å². The summed E-state index contributed by atoms with van der Waals surface area (Å²) < 4.78 is 20.6. The predicted molar refractivity (Wildman–Crippen MR) is 115 cm³/mol. The molecule has 1 fully saturated rings. The van der Waals surface area contributed by atoms with Gasteiger partial charge in [-0.15, -0.1) is 0 Å². The van der Waals surface area contributed by atoms with E-state index < -0.39 is 12.0 Å². The molecule has 168 valence electrons. The molecule has 0 unspecified atom stereocenters. The van der Waals surface area contributed by atoms with E-state index in [0.29, 0.717) is 32.5 Å². The number of hydrogen-bond acceptors (Lipinski definition) is 4. The van der Waals surface area contributed by atoms with Crippen molar-refractivity contribution in [1.29, 1.82) is 0 Å². The average Bonchev–Trinajstić information content (AvgIpc) is 3.12. The zero-order valence-electron chi connectivity index (χ0n) is 18.7. The van der Waals surface area contributed by atoms with Crippen molar-refractivity contribution in [2.24, 2.45) is 5.92 Å². The Morgan fingerprint density at radius 2 is 2.03 bits per heavy atom. The first-order valence-electron chi connectivity index (χ1n) is 10.7. The maximum atomic E-state index is 13.5. The van der Waals surface area contributed by atoms with Crippen LogP contribution in [0.15, 0.2) is 30.5 Å². The van der Waals surface area contributed by atoms with Gasteiger partial charge < -0.3 is 14.5 Å². The summed E-state index contributed by atoms with van der Waals surface area (Å²) in [5.74, 6) is -0.810. The number of piperidine rings is 1. The highest BCUT2D eigenvalue weighted by Gasteiger charge is 2.41. The van der Waals surface area contributed by atoms with E-state index in [1.807, 2.05) is 24.7 Å². The van der Waals surface area contributed by atoms with Crippen molar-refractivity contribution in [2.45, 2.75) is 45.8 Å². The smallest absolute Gasteiger partial charge is 0.228 e. The highest BCUT2D eigenvalue weighted by molar-refractivity contribution is 5.85. The van der Waals surface area contributed by atoms with E-state index in [0.717, 1.165) is 23.4 Å². The number of aromatic nitrogens is 2. The summed E-state index contributed by atoms with van der Waals surface area (Å²) in [4.78, 5) is 29.7. The molecule has 1 saturated heterocycles.